The zero-order valence-corrected chi connectivity index (χ0v) is 8.55. The van der Waals surface area contributed by atoms with Crippen LogP contribution in [0.15, 0.2) is 36.7 Å². The number of imidazole rings is 1. The van der Waals surface area contributed by atoms with E-state index in [2.05, 4.69) is 16.5 Å². The van der Waals surface area contributed by atoms with E-state index in [-0.39, 0.29) is 0 Å². The molecule has 1 aromatic heterocycles. The Morgan fingerprint density at radius 1 is 1.33 bits per heavy atom. The first-order valence-corrected chi connectivity index (χ1v) is 4.92. The van der Waals surface area contributed by atoms with E-state index in [1.54, 1.807) is 18.3 Å². The third kappa shape index (κ3) is 1.81. The zero-order chi connectivity index (χ0) is 10.7. The van der Waals surface area contributed by atoms with Gasteiger partial charge in [0.05, 0.1) is 0 Å². The van der Waals surface area contributed by atoms with Crippen LogP contribution in [-0.4, -0.2) is 15.8 Å². The van der Waals surface area contributed by atoms with Crippen LogP contribution in [-0.2, 0) is 6.54 Å². The maximum Gasteiger partial charge on any atom is 0.150 e. The quantitative estimate of drug-likeness (QED) is 0.713. The number of hydrogen-bond acceptors (Lipinski definition) is 2. The summed E-state index contributed by atoms with van der Waals surface area (Å²) in [6, 6.07) is 7.43. The predicted octanol–water partition coefficient (Wildman–Crippen LogP) is 2.38. The topological polar surface area (TPSA) is 34.9 Å². The molecule has 0 unspecified atom stereocenters. The summed E-state index contributed by atoms with van der Waals surface area (Å²) in [5.41, 5.74) is 1.72. The van der Waals surface area contributed by atoms with Crippen LogP contribution in [0.3, 0.4) is 0 Å². The molecule has 2 rings (SSSR count). The molecule has 1 aromatic carbocycles. The number of aldehydes is 1. The second kappa shape index (κ2) is 4.09. The molecule has 0 saturated heterocycles. The molecule has 3 nitrogen and oxygen atoms in total. The summed E-state index contributed by atoms with van der Waals surface area (Å²) >= 11 is 0. The fraction of sp³-hybridized carbons (Fsp3) is 0.167. The second-order valence-corrected chi connectivity index (χ2v) is 3.28. The SMILES string of the molecule is CCn1ccnc1-c1ccc(C=O)cc1. The van der Waals surface area contributed by atoms with E-state index >= 15 is 0 Å². The lowest BCUT2D eigenvalue weighted by Crippen LogP contribution is -1.95. The van der Waals surface area contributed by atoms with Crippen molar-refractivity contribution in [3.05, 3.63) is 42.2 Å². The van der Waals surface area contributed by atoms with Crippen LogP contribution in [0, 0.1) is 0 Å². The van der Waals surface area contributed by atoms with Crippen molar-refractivity contribution >= 4 is 6.29 Å². The van der Waals surface area contributed by atoms with Crippen LogP contribution >= 0.6 is 0 Å². The van der Waals surface area contributed by atoms with Gasteiger partial charge in [0.1, 0.15) is 12.1 Å². The van der Waals surface area contributed by atoms with Crippen LogP contribution in [0.5, 0.6) is 0 Å². The fourth-order valence-corrected chi connectivity index (χ4v) is 1.54. The zero-order valence-electron chi connectivity index (χ0n) is 8.55. The van der Waals surface area contributed by atoms with Gasteiger partial charge in [0.15, 0.2) is 0 Å². The second-order valence-electron chi connectivity index (χ2n) is 3.28. The summed E-state index contributed by atoms with van der Waals surface area (Å²) in [7, 11) is 0. The summed E-state index contributed by atoms with van der Waals surface area (Å²) in [6.45, 7) is 2.97. The van der Waals surface area contributed by atoms with Crippen LogP contribution < -0.4 is 0 Å². The third-order valence-electron chi connectivity index (χ3n) is 2.36. The molecule has 76 valence electrons. The van der Waals surface area contributed by atoms with Gasteiger partial charge in [0, 0.05) is 30.1 Å². The van der Waals surface area contributed by atoms with Gasteiger partial charge in [-0.2, -0.15) is 0 Å². The Bertz CT molecular complexity index is 457. The van der Waals surface area contributed by atoms with Crippen molar-refractivity contribution in [2.75, 3.05) is 0 Å². The Morgan fingerprint density at radius 3 is 2.67 bits per heavy atom. The highest BCUT2D eigenvalue weighted by atomic mass is 16.1. The van der Waals surface area contributed by atoms with Gasteiger partial charge in [-0.15, -0.1) is 0 Å². The number of aromatic nitrogens is 2. The molecule has 0 radical (unpaired) electrons. The monoisotopic (exact) mass is 200 g/mol. The molecule has 0 aliphatic carbocycles. The maximum atomic E-state index is 10.5. The first-order chi connectivity index (χ1) is 7.35. The van der Waals surface area contributed by atoms with Gasteiger partial charge in [-0.05, 0) is 6.92 Å². The molecule has 1 heterocycles. The highest BCUT2D eigenvalue weighted by Crippen LogP contribution is 2.17. The minimum Gasteiger partial charge on any atom is -0.331 e. The number of nitrogens with zero attached hydrogens (tertiary/aromatic N) is 2. The molecule has 0 bridgehead atoms. The summed E-state index contributed by atoms with van der Waals surface area (Å²) < 4.78 is 2.07. The lowest BCUT2D eigenvalue weighted by Gasteiger charge is -2.04. The average Bonchev–Trinajstić information content (AvgIpc) is 2.77. The number of aryl methyl sites for hydroxylation is 1. The van der Waals surface area contributed by atoms with E-state index in [4.69, 9.17) is 0 Å². The molecule has 0 spiro atoms. The van der Waals surface area contributed by atoms with Crippen molar-refractivity contribution in [3.63, 3.8) is 0 Å². The van der Waals surface area contributed by atoms with Gasteiger partial charge < -0.3 is 4.57 Å². The van der Waals surface area contributed by atoms with Gasteiger partial charge in [-0.1, -0.05) is 24.3 Å². The molecule has 0 aliphatic heterocycles. The van der Waals surface area contributed by atoms with Crippen molar-refractivity contribution in [2.24, 2.45) is 0 Å². The molecule has 15 heavy (non-hydrogen) atoms. The van der Waals surface area contributed by atoms with E-state index in [1.807, 2.05) is 18.3 Å². The third-order valence-corrected chi connectivity index (χ3v) is 2.36. The normalized spacial score (nSPS) is 10.2. The molecule has 2 aromatic rings. The first kappa shape index (κ1) is 9.65. The number of rotatable bonds is 3. The highest BCUT2D eigenvalue weighted by Gasteiger charge is 2.03. The number of carbonyl (C=O) groups is 1. The molecule has 0 N–H and O–H groups in total. The van der Waals surface area contributed by atoms with E-state index in [9.17, 15) is 4.79 Å². The first-order valence-electron chi connectivity index (χ1n) is 4.92. The molecular formula is C12H12N2O. The minimum atomic E-state index is 0.688. The van der Waals surface area contributed by atoms with Crippen molar-refractivity contribution in [1.82, 2.24) is 9.55 Å². The molecular weight excluding hydrogens is 188 g/mol. The lowest BCUT2D eigenvalue weighted by atomic mass is 10.1. The number of carbonyl (C=O) groups excluding carboxylic acids is 1. The Hall–Kier alpha value is -1.90. The van der Waals surface area contributed by atoms with Gasteiger partial charge in [-0.3, -0.25) is 4.79 Å². The standard InChI is InChI=1S/C12H12N2O/c1-2-14-8-7-13-12(14)11-5-3-10(9-15)4-6-11/h3-9H,2H2,1H3. The Labute approximate surface area is 88.4 Å². The summed E-state index contributed by atoms with van der Waals surface area (Å²) in [5.74, 6) is 0.940. The largest absolute Gasteiger partial charge is 0.331 e. The van der Waals surface area contributed by atoms with E-state index in [1.165, 1.54) is 0 Å². The van der Waals surface area contributed by atoms with Crippen molar-refractivity contribution in [1.29, 1.82) is 0 Å². The van der Waals surface area contributed by atoms with Crippen LogP contribution in [0.2, 0.25) is 0 Å². The van der Waals surface area contributed by atoms with Crippen LogP contribution in [0.25, 0.3) is 11.4 Å². The number of hydrogen-bond donors (Lipinski definition) is 0. The molecule has 0 atom stereocenters. The van der Waals surface area contributed by atoms with Gasteiger partial charge >= 0.3 is 0 Å². The Balaban J connectivity index is 2.41. The van der Waals surface area contributed by atoms with Gasteiger partial charge in [-0.25, -0.2) is 4.98 Å². The molecule has 3 heteroatoms. The predicted molar refractivity (Wildman–Crippen MR) is 58.7 cm³/mol. The van der Waals surface area contributed by atoms with Crippen LogP contribution in [0.4, 0.5) is 0 Å². The summed E-state index contributed by atoms with van der Waals surface area (Å²) in [5, 5.41) is 0. The lowest BCUT2D eigenvalue weighted by molar-refractivity contribution is 0.112. The average molecular weight is 200 g/mol. The van der Waals surface area contributed by atoms with Crippen molar-refractivity contribution < 1.29 is 4.79 Å². The molecule has 0 fully saturated rings. The highest BCUT2D eigenvalue weighted by molar-refractivity contribution is 5.76. The Morgan fingerprint density at radius 2 is 2.07 bits per heavy atom. The molecule has 0 aliphatic rings. The number of benzene rings is 1. The van der Waals surface area contributed by atoms with E-state index in [0.29, 0.717) is 5.56 Å². The summed E-state index contributed by atoms with van der Waals surface area (Å²) in [6.07, 6.45) is 4.57. The fourth-order valence-electron chi connectivity index (χ4n) is 1.54. The van der Waals surface area contributed by atoms with Crippen LogP contribution in [0.1, 0.15) is 17.3 Å². The van der Waals surface area contributed by atoms with Gasteiger partial charge in [0.2, 0.25) is 0 Å². The minimum absolute atomic E-state index is 0.688. The van der Waals surface area contributed by atoms with Crippen molar-refractivity contribution in [2.45, 2.75) is 13.5 Å². The van der Waals surface area contributed by atoms with Crippen molar-refractivity contribution in [3.8, 4) is 11.4 Å². The molecule has 0 amide bonds. The Kier molecular flexibility index (Phi) is 2.63. The smallest absolute Gasteiger partial charge is 0.150 e. The summed E-state index contributed by atoms with van der Waals surface area (Å²) in [4.78, 5) is 14.8. The maximum absolute atomic E-state index is 10.5. The molecule has 0 saturated carbocycles. The van der Waals surface area contributed by atoms with Gasteiger partial charge in [0.25, 0.3) is 0 Å². The van der Waals surface area contributed by atoms with E-state index in [0.717, 1.165) is 24.2 Å². The van der Waals surface area contributed by atoms with E-state index < -0.39 is 0 Å².